The molecule has 1 aromatic carbocycles. The van der Waals surface area contributed by atoms with Gasteiger partial charge in [-0.2, -0.15) is 18.7 Å². The first-order chi connectivity index (χ1) is 7.97. The van der Waals surface area contributed by atoms with Crippen molar-refractivity contribution < 1.29 is 22.8 Å². The quantitative estimate of drug-likeness (QED) is 0.616. The molecule has 0 bridgehead atoms. The van der Waals surface area contributed by atoms with Gasteiger partial charge in [0.15, 0.2) is 6.61 Å². The molecule has 0 unspecified atom stereocenters. The van der Waals surface area contributed by atoms with Gasteiger partial charge in [0, 0.05) is 5.69 Å². The monoisotopic (exact) mass is 248 g/mol. The zero-order valence-electron chi connectivity index (χ0n) is 8.75. The van der Waals surface area contributed by atoms with Crippen LogP contribution >= 0.6 is 0 Å². The highest BCUT2D eigenvalue weighted by Gasteiger charge is 2.27. The third kappa shape index (κ3) is 6.54. The van der Waals surface area contributed by atoms with Crippen LogP contribution in [0.5, 0.6) is 0 Å². The number of carbonyl (C=O) groups excluding carboxylic acids is 1. The average molecular weight is 248 g/mol. The van der Waals surface area contributed by atoms with Crippen LogP contribution in [0.25, 0.3) is 0 Å². The van der Waals surface area contributed by atoms with E-state index in [-0.39, 0.29) is 6.54 Å². The van der Waals surface area contributed by atoms with Crippen molar-refractivity contribution in [2.24, 2.45) is 0 Å². The molecule has 17 heavy (non-hydrogen) atoms. The van der Waals surface area contributed by atoms with Crippen molar-refractivity contribution >= 4 is 11.6 Å². The van der Waals surface area contributed by atoms with Crippen LogP contribution in [0, 0.1) is 0 Å². The summed E-state index contributed by atoms with van der Waals surface area (Å²) in [5, 5.41) is 2.48. The van der Waals surface area contributed by atoms with Gasteiger partial charge in [0.05, 0.1) is 0 Å². The smallest absolute Gasteiger partial charge is 0.325 e. The van der Waals surface area contributed by atoms with E-state index in [1.54, 1.807) is 30.3 Å². The second-order valence-electron chi connectivity index (χ2n) is 3.14. The number of anilines is 1. The number of alkyl halides is 3. The molecular formula is C10H11F3N2O2. The molecule has 0 atom stereocenters. The largest absolute Gasteiger partial charge is 0.413 e. The topological polar surface area (TPSA) is 50.4 Å². The third-order valence-electron chi connectivity index (χ3n) is 1.63. The Morgan fingerprint density at radius 3 is 2.47 bits per heavy atom. The molecule has 2 N–H and O–H groups in total. The maximum atomic E-state index is 11.7. The van der Waals surface area contributed by atoms with E-state index >= 15 is 0 Å². The van der Waals surface area contributed by atoms with E-state index in [9.17, 15) is 18.0 Å². The second-order valence-corrected chi connectivity index (χ2v) is 3.14. The number of carbonyl (C=O) groups is 1. The number of nitrogens with one attached hydrogen (secondary N) is 2. The summed E-state index contributed by atoms with van der Waals surface area (Å²) in [6.07, 6.45) is -4.41. The predicted octanol–water partition coefficient (Wildman–Crippen LogP) is 1.71. The maximum Gasteiger partial charge on any atom is 0.413 e. The molecule has 0 aromatic heterocycles. The van der Waals surface area contributed by atoms with Crippen molar-refractivity contribution in [2.75, 3.05) is 18.5 Å². The van der Waals surface area contributed by atoms with Crippen molar-refractivity contribution in [2.45, 2.75) is 6.18 Å². The van der Waals surface area contributed by atoms with Crippen LogP contribution in [0.3, 0.4) is 0 Å². The summed E-state index contributed by atoms with van der Waals surface area (Å²) in [4.78, 5) is 15.3. The fraction of sp³-hybridized carbons (Fsp3) is 0.300. The van der Waals surface area contributed by atoms with Gasteiger partial charge in [-0.15, -0.1) is 0 Å². The Balaban J connectivity index is 2.18. The highest BCUT2D eigenvalue weighted by Crippen LogP contribution is 2.13. The van der Waals surface area contributed by atoms with Crippen molar-refractivity contribution in [1.29, 1.82) is 0 Å². The number of rotatable bonds is 5. The molecule has 0 aliphatic heterocycles. The number of hydrogen-bond donors (Lipinski definition) is 2. The fourth-order valence-electron chi connectivity index (χ4n) is 0.976. The first-order valence-electron chi connectivity index (χ1n) is 4.74. The van der Waals surface area contributed by atoms with Gasteiger partial charge >= 0.3 is 6.18 Å². The maximum absolute atomic E-state index is 11.7. The molecule has 0 aliphatic rings. The van der Waals surface area contributed by atoms with Crippen LogP contribution in [0.2, 0.25) is 0 Å². The van der Waals surface area contributed by atoms with Crippen molar-refractivity contribution in [3.05, 3.63) is 30.3 Å². The highest BCUT2D eigenvalue weighted by molar-refractivity contribution is 5.92. The SMILES string of the molecule is O=C(CNOCC(F)(F)F)Nc1ccccc1. The molecule has 0 fully saturated rings. The summed E-state index contributed by atoms with van der Waals surface area (Å²) in [5.74, 6) is -0.488. The van der Waals surface area contributed by atoms with E-state index in [4.69, 9.17) is 0 Å². The lowest BCUT2D eigenvalue weighted by atomic mass is 10.3. The van der Waals surface area contributed by atoms with Crippen LogP contribution < -0.4 is 10.8 Å². The molecule has 1 rings (SSSR count). The summed E-state index contributed by atoms with van der Waals surface area (Å²) < 4.78 is 35.0. The normalized spacial score (nSPS) is 11.2. The minimum absolute atomic E-state index is 0.356. The Kier molecular flexibility index (Phi) is 4.92. The van der Waals surface area contributed by atoms with E-state index in [0.29, 0.717) is 5.69 Å². The molecule has 0 radical (unpaired) electrons. The number of amides is 1. The Hall–Kier alpha value is -1.60. The number of benzene rings is 1. The van der Waals surface area contributed by atoms with Crippen LogP contribution in [0.4, 0.5) is 18.9 Å². The fourth-order valence-corrected chi connectivity index (χ4v) is 0.976. The molecular weight excluding hydrogens is 237 g/mol. The van der Waals surface area contributed by atoms with Gasteiger partial charge in [-0.3, -0.25) is 9.63 Å². The first kappa shape index (κ1) is 13.5. The molecule has 0 heterocycles. The van der Waals surface area contributed by atoms with Crippen LogP contribution in [0.1, 0.15) is 0 Å². The van der Waals surface area contributed by atoms with E-state index in [2.05, 4.69) is 10.2 Å². The Morgan fingerprint density at radius 1 is 1.24 bits per heavy atom. The summed E-state index contributed by atoms with van der Waals surface area (Å²) in [6, 6.07) is 8.55. The van der Waals surface area contributed by atoms with Crippen LogP contribution in [-0.4, -0.2) is 25.2 Å². The Bertz CT molecular complexity index is 354. The molecule has 0 saturated carbocycles. The summed E-state index contributed by atoms with van der Waals surface area (Å²) >= 11 is 0. The van der Waals surface area contributed by atoms with Gasteiger partial charge in [-0.25, -0.2) is 0 Å². The minimum Gasteiger partial charge on any atom is -0.325 e. The molecule has 94 valence electrons. The lowest BCUT2D eigenvalue weighted by Crippen LogP contribution is -2.31. The van der Waals surface area contributed by atoms with Gasteiger partial charge in [0.2, 0.25) is 5.91 Å². The lowest BCUT2D eigenvalue weighted by Gasteiger charge is -2.08. The summed E-state index contributed by atoms with van der Waals surface area (Å²) in [7, 11) is 0. The molecule has 0 saturated heterocycles. The number of hydroxylamine groups is 1. The number of hydrogen-bond acceptors (Lipinski definition) is 3. The van der Waals surface area contributed by atoms with Gasteiger partial charge in [0.1, 0.15) is 6.54 Å². The van der Waals surface area contributed by atoms with Crippen molar-refractivity contribution in [1.82, 2.24) is 5.48 Å². The molecule has 0 spiro atoms. The summed E-state index contributed by atoms with van der Waals surface area (Å²) in [5.41, 5.74) is 2.49. The molecule has 7 heteroatoms. The minimum atomic E-state index is -4.41. The van der Waals surface area contributed by atoms with E-state index in [1.807, 2.05) is 5.48 Å². The number of para-hydroxylation sites is 1. The highest BCUT2D eigenvalue weighted by atomic mass is 19.4. The predicted molar refractivity (Wildman–Crippen MR) is 55.1 cm³/mol. The molecule has 1 amide bonds. The van der Waals surface area contributed by atoms with Gasteiger partial charge in [-0.05, 0) is 12.1 Å². The first-order valence-corrected chi connectivity index (χ1v) is 4.74. The molecule has 4 nitrogen and oxygen atoms in total. The van der Waals surface area contributed by atoms with Crippen LogP contribution in [-0.2, 0) is 9.63 Å². The number of halogens is 3. The van der Waals surface area contributed by atoms with E-state index < -0.39 is 18.7 Å². The molecule has 1 aromatic rings. The third-order valence-corrected chi connectivity index (χ3v) is 1.63. The van der Waals surface area contributed by atoms with Gasteiger partial charge in [-0.1, -0.05) is 18.2 Å². The second kappa shape index (κ2) is 6.21. The van der Waals surface area contributed by atoms with Crippen LogP contribution in [0.15, 0.2) is 30.3 Å². The average Bonchev–Trinajstić information content (AvgIpc) is 2.25. The van der Waals surface area contributed by atoms with Crippen molar-refractivity contribution in [3.63, 3.8) is 0 Å². The van der Waals surface area contributed by atoms with E-state index in [0.717, 1.165) is 0 Å². The lowest BCUT2D eigenvalue weighted by molar-refractivity contribution is -0.189. The Morgan fingerprint density at radius 2 is 1.88 bits per heavy atom. The standard InChI is InChI=1S/C10H11F3N2O2/c11-10(12,13)7-17-14-6-9(16)15-8-4-2-1-3-5-8/h1-5,14H,6-7H2,(H,15,16). The Labute approximate surface area is 95.7 Å². The van der Waals surface area contributed by atoms with Gasteiger partial charge < -0.3 is 5.32 Å². The van der Waals surface area contributed by atoms with Gasteiger partial charge in [0.25, 0.3) is 0 Å². The molecule has 0 aliphatic carbocycles. The van der Waals surface area contributed by atoms with E-state index in [1.165, 1.54) is 0 Å². The zero-order valence-corrected chi connectivity index (χ0v) is 8.75. The summed E-state index contributed by atoms with van der Waals surface area (Å²) in [6.45, 7) is -1.80. The van der Waals surface area contributed by atoms with Crippen molar-refractivity contribution in [3.8, 4) is 0 Å². The zero-order chi connectivity index (χ0) is 12.7.